The first-order chi connectivity index (χ1) is 14.1. The summed E-state index contributed by atoms with van der Waals surface area (Å²) in [5.41, 5.74) is 1.68. The Kier molecular flexibility index (Phi) is 3.80. The number of hydrogen-bond donors (Lipinski definition) is 1. The van der Waals surface area contributed by atoms with E-state index in [0.29, 0.717) is 16.9 Å². The average molecular weight is 386 g/mol. The quantitative estimate of drug-likeness (QED) is 0.573. The molecule has 2 aromatic carbocycles. The van der Waals surface area contributed by atoms with E-state index in [-0.39, 0.29) is 17.8 Å². The molecule has 0 saturated carbocycles. The van der Waals surface area contributed by atoms with Crippen molar-refractivity contribution in [3.8, 4) is 11.6 Å². The van der Waals surface area contributed by atoms with E-state index in [1.165, 1.54) is 23.5 Å². The topological polar surface area (TPSA) is 114 Å². The highest BCUT2D eigenvalue weighted by Gasteiger charge is 2.36. The molecule has 9 heteroatoms. The maximum atomic E-state index is 12.9. The van der Waals surface area contributed by atoms with Crippen molar-refractivity contribution >= 4 is 34.3 Å². The van der Waals surface area contributed by atoms with Crippen molar-refractivity contribution in [2.75, 3.05) is 10.2 Å². The van der Waals surface area contributed by atoms with Crippen LogP contribution >= 0.6 is 0 Å². The zero-order valence-corrected chi connectivity index (χ0v) is 15.2. The SMILES string of the molecule is CC(C(=O)Nc1nnc(-c2cnccn2)o1)N1C(=O)c2cccc3cccc1c23. The summed E-state index contributed by atoms with van der Waals surface area (Å²) in [5, 5.41) is 12.0. The molecule has 5 rings (SSSR count). The van der Waals surface area contributed by atoms with Crippen molar-refractivity contribution in [2.24, 2.45) is 0 Å². The number of aromatic nitrogens is 4. The van der Waals surface area contributed by atoms with E-state index in [1.54, 1.807) is 13.0 Å². The van der Waals surface area contributed by atoms with Gasteiger partial charge in [-0.2, -0.15) is 0 Å². The Balaban J connectivity index is 1.40. The van der Waals surface area contributed by atoms with Gasteiger partial charge in [0.2, 0.25) is 0 Å². The number of nitrogens with one attached hydrogen (secondary N) is 1. The van der Waals surface area contributed by atoms with Crippen molar-refractivity contribution in [1.29, 1.82) is 0 Å². The predicted molar refractivity (Wildman–Crippen MR) is 104 cm³/mol. The summed E-state index contributed by atoms with van der Waals surface area (Å²) in [7, 11) is 0. The van der Waals surface area contributed by atoms with Crippen LogP contribution in [0.4, 0.5) is 11.7 Å². The van der Waals surface area contributed by atoms with E-state index in [4.69, 9.17) is 4.42 Å². The molecule has 2 aromatic heterocycles. The summed E-state index contributed by atoms with van der Waals surface area (Å²) in [6, 6.07) is 10.3. The summed E-state index contributed by atoms with van der Waals surface area (Å²) in [6.07, 6.45) is 4.50. The van der Waals surface area contributed by atoms with Crippen LogP contribution in [0.5, 0.6) is 0 Å². The molecule has 1 aliphatic rings. The molecule has 1 aliphatic heterocycles. The number of anilines is 2. The van der Waals surface area contributed by atoms with E-state index < -0.39 is 11.9 Å². The highest BCUT2D eigenvalue weighted by atomic mass is 16.4. The first-order valence-electron chi connectivity index (χ1n) is 8.89. The Bertz CT molecular complexity index is 1250. The second-order valence-electron chi connectivity index (χ2n) is 6.52. The van der Waals surface area contributed by atoms with Gasteiger partial charge in [-0.25, -0.2) is 4.98 Å². The lowest BCUT2D eigenvalue weighted by atomic mass is 10.1. The van der Waals surface area contributed by atoms with Crippen LogP contribution in [0.25, 0.3) is 22.4 Å². The lowest BCUT2D eigenvalue weighted by Crippen LogP contribution is -2.44. The molecule has 9 nitrogen and oxygen atoms in total. The maximum absolute atomic E-state index is 12.9. The van der Waals surface area contributed by atoms with Crippen LogP contribution in [0.15, 0.2) is 59.4 Å². The van der Waals surface area contributed by atoms with E-state index >= 15 is 0 Å². The number of rotatable bonds is 4. The summed E-state index contributed by atoms with van der Waals surface area (Å²) >= 11 is 0. The molecule has 0 spiro atoms. The van der Waals surface area contributed by atoms with Crippen molar-refractivity contribution in [3.05, 3.63) is 60.6 Å². The van der Waals surface area contributed by atoms with Crippen LogP contribution in [0, 0.1) is 0 Å². The molecule has 1 N–H and O–H groups in total. The molecule has 1 atom stereocenters. The van der Waals surface area contributed by atoms with Crippen LogP contribution in [-0.2, 0) is 4.79 Å². The Hall–Kier alpha value is -4.14. The number of amides is 2. The van der Waals surface area contributed by atoms with Gasteiger partial charge in [0.15, 0.2) is 0 Å². The zero-order chi connectivity index (χ0) is 20.0. The van der Waals surface area contributed by atoms with Crippen LogP contribution in [0.3, 0.4) is 0 Å². The summed E-state index contributed by atoms with van der Waals surface area (Å²) in [6.45, 7) is 1.65. The highest BCUT2D eigenvalue weighted by Crippen LogP contribution is 2.38. The molecule has 0 aliphatic carbocycles. The molecule has 29 heavy (non-hydrogen) atoms. The van der Waals surface area contributed by atoms with Crippen LogP contribution in [0.1, 0.15) is 17.3 Å². The van der Waals surface area contributed by atoms with Gasteiger partial charge in [0, 0.05) is 23.3 Å². The zero-order valence-electron chi connectivity index (χ0n) is 15.2. The average Bonchev–Trinajstić information content (AvgIpc) is 3.33. The first-order valence-corrected chi connectivity index (χ1v) is 8.89. The molecule has 4 aromatic rings. The van der Waals surface area contributed by atoms with Gasteiger partial charge in [0.25, 0.3) is 17.7 Å². The third kappa shape index (κ3) is 2.71. The highest BCUT2D eigenvalue weighted by molar-refractivity contribution is 6.26. The number of benzene rings is 2. The Morgan fingerprint density at radius 2 is 1.97 bits per heavy atom. The number of nitrogens with zero attached hydrogens (tertiary/aromatic N) is 5. The van der Waals surface area contributed by atoms with E-state index in [9.17, 15) is 9.59 Å². The standard InChI is InChI=1S/C20H14N6O3/c1-11(17(27)23-20-25-24-18(29-20)14-10-21-8-9-22-14)26-15-7-3-5-12-4-2-6-13(16(12)15)19(26)28/h2-11H,1H3,(H,23,25,27). The molecule has 142 valence electrons. The fourth-order valence-electron chi connectivity index (χ4n) is 3.44. The fraction of sp³-hybridized carbons (Fsp3) is 0.100. The molecule has 3 heterocycles. The minimum atomic E-state index is -0.785. The van der Waals surface area contributed by atoms with E-state index in [1.807, 2.05) is 30.3 Å². The second-order valence-corrected chi connectivity index (χ2v) is 6.52. The Morgan fingerprint density at radius 1 is 1.14 bits per heavy atom. The van der Waals surface area contributed by atoms with Gasteiger partial charge in [0.05, 0.1) is 11.9 Å². The van der Waals surface area contributed by atoms with Gasteiger partial charge in [-0.05, 0) is 24.4 Å². The summed E-state index contributed by atoms with van der Waals surface area (Å²) in [4.78, 5) is 35.2. The van der Waals surface area contributed by atoms with Gasteiger partial charge in [-0.15, -0.1) is 5.10 Å². The van der Waals surface area contributed by atoms with Crippen molar-refractivity contribution in [3.63, 3.8) is 0 Å². The lowest BCUT2D eigenvalue weighted by Gasteiger charge is -2.24. The molecule has 0 radical (unpaired) electrons. The van der Waals surface area contributed by atoms with Crippen molar-refractivity contribution in [1.82, 2.24) is 20.2 Å². The number of hydrogen-bond acceptors (Lipinski definition) is 7. The van der Waals surface area contributed by atoms with E-state index in [2.05, 4.69) is 25.5 Å². The smallest absolute Gasteiger partial charge is 0.322 e. The molecule has 0 saturated heterocycles. The molecule has 1 unspecified atom stereocenters. The molecule has 0 fully saturated rings. The van der Waals surface area contributed by atoms with Crippen molar-refractivity contribution < 1.29 is 14.0 Å². The number of carbonyl (C=O) groups is 2. The van der Waals surface area contributed by atoms with Gasteiger partial charge < -0.3 is 4.42 Å². The third-order valence-corrected chi connectivity index (χ3v) is 4.80. The first kappa shape index (κ1) is 17.0. The van der Waals surface area contributed by atoms with Crippen LogP contribution < -0.4 is 10.2 Å². The minimum absolute atomic E-state index is 0.0788. The van der Waals surface area contributed by atoms with Gasteiger partial charge >= 0.3 is 6.01 Å². The van der Waals surface area contributed by atoms with Gasteiger partial charge in [-0.3, -0.25) is 24.8 Å². The van der Waals surface area contributed by atoms with Gasteiger partial charge in [0.1, 0.15) is 11.7 Å². The maximum Gasteiger partial charge on any atom is 0.322 e. The predicted octanol–water partition coefficient (Wildman–Crippen LogP) is 2.67. The third-order valence-electron chi connectivity index (χ3n) is 4.80. The van der Waals surface area contributed by atoms with Crippen molar-refractivity contribution in [2.45, 2.75) is 13.0 Å². The van der Waals surface area contributed by atoms with Gasteiger partial charge in [-0.1, -0.05) is 29.4 Å². The normalized spacial score (nSPS) is 13.7. The molecular formula is C20H14N6O3. The summed E-state index contributed by atoms with van der Waals surface area (Å²) < 4.78 is 5.44. The minimum Gasteiger partial charge on any atom is -0.401 e. The molecular weight excluding hydrogens is 372 g/mol. The lowest BCUT2D eigenvalue weighted by molar-refractivity contribution is -0.117. The fourth-order valence-corrected chi connectivity index (χ4v) is 3.44. The molecule has 0 bridgehead atoms. The Labute approximate surface area is 164 Å². The largest absolute Gasteiger partial charge is 0.401 e. The van der Waals surface area contributed by atoms with E-state index in [0.717, 1.165) is 10.8 Å². The number of carbonyl (C=O) groups excluding carboxylic acids is 2. The Morgan fingerprint density at radius 3 is 2.76 bits per heavy atom. The molecule has 2 amide bonds. The monoisotopic (exact) mass is 386 g/mol. The summed E-state index contributed by atoms with van der Waals surface area (Å²) in [5.74, 6) is -0.529. The second kappa shape index (κ2) is 6.48. The van der Waals surface area contributed by atoms with Crippen LogP contribution in [0.2, 0.25) is 0 Å². The van der Waals surface area contributed by atoms with Crippen LogP contribution in [-0.4, -0.2) is 38.0 Å².